The number of hydrogen-bond donors (Lipinski definition) is 3. The van der Waals surface area contributed by atoms with Crippen molar-refractivity contribution >= 4 is 11.9 Å². The van der Waals surface area contributed by atoms with Crippen molar-refractivity contribution in [2.45, 2.75) is 45.1 Å². The third-order valence-corrected chi connectivity index (χ3v) is 4.05. The van der Waals surface area contributed by atoms with Crippen LogP contribution in [0, 0.1) is 11.3 Å². The molecule has 2 atom stereocenters. The fourth-order valence-corrected chi connectivity index (χ4v) is 2.61. The van der Waals surface area contributed by atoms with Gasteiger partial charge in [-0.05, 0) is 45.1 Å². The molecule has 3 N–H and O–H groups in total. The Labute approximate surface area is 107 Å². The Bertz CT molecular complexity index is 333. The Morgan fingerprint density at radius 3 is 2.72 bits per heavy atom. The predicted molar refractivity (Wildman–Crippen MR) is 67.1 cm³/mol. The molecule has 1 amide bonds. The van der Waals surface area contributed by atoms with Crippen molar-refractivity contribution in [1.82, 2.24) is 10.6 Å². The van der Waals surface area contributed by atoms with Crippen molar-refractivity contribution in [3.8, 4) is 0 Å². The molecule has 2 aliphatic rings. The number of amides is 1. The van der Waals surface area contributed by atoms with Crippen molar-refractivity contribution in [3.63, 3.8) is 0 Å². The van der Waals surface area contributed by atoms with Gasteiger partial charge in [0, 0.05) is 12.6 Å². The molecular weight excluding hydrogens is 232 g/mol. The first-order chi connectivity index (χ1) is 8.51. The summed E-state index contributed by atoms with van der Waals surface area (Å²) in [5, 5.41) is 15.1. The summed E-state index contributed by atoms with van der Waals surface area (Å²) in [5.74, 6) is -0.461. The Kier molecular flexibility index (Phi) is 3.90. The molecule has 2 rings (SSSR count). The Balaban J connectivity index is 1.93. The van der Waals surface area contributed by atoms with Crippen LogP contribution in [-0.4, -0.2) is 36.1 Å². The highest BCUT2D eigenvalue weighted by Gasteiger charge is 2.39. The molecule has 0 spiro atoms. The van der Waals surface area contributed by atoms with Gasteiger partial charge in [0.25, 0.3) is 0 Å². The first kappa shape index (κ1) is 13.3. The number of carboxylic acids is 1. The highest BCUT2D eigenvalue weighted by molar-refractivity contribution is 5.83. The molecule has 0 bridgehead atoms. The van der Waals surface area contributed by atoms with E-state index < -0.39 is 5.97 Å². The van der Waals surface area contributed by atoms with Gasteiger partial charge in [-0.3, -0.25) is 9.59 Å². The average Bonchev–Trinajstić information content (AvgIpc) is 3.12. The van der Waals surface area contributed by atoms with Crippen molar-refractivity contribution in [2.24, 2.45) is 11.3 Å². The summed E-state index contributed by atoms with van der Waals surface area (Å²) in [6.45, 7) is 3.60. The Morgan fingerprint density at radius 2 is 2.22 bits per heavy atom. The van der Waals surface area contributed by atoms with Gasteiger partial charge in [-0.15, -0.1) is 0 Å². The molecule has 1 heterocycles. The molecule has 0 aromatic heterocycles. The molecule has 2 unspecified atom stereocenters. The van der Waals surface area contributed by atoms with Gasteiger partial charge in [0.15, 0.2) is 0 Å². The van der Waals surface area contributed by atoms with Crippen LogP contribution >= 0.6 is 0 Å². The first-order valence-electron chi connectivity index (χ1n) is 6.75. The molecule has 0 aromatic carbocycles. The smallest absolute Gasteiger partial charge is 0.305 e. The van der Waals surface area contributed by atoms with E-state index in [2.05, 4.69) is 10.6 Å². The fourth-order valence-electron chi connectivity index (χ4n) is 2.61. The van der Waals surface area contributed by atoms with E-state index in [9.17, 15) is 9.59 Å². The minimum Gasteiger partial charge on any atom is -0.481 e. The van der Waals surface area contributed by atoms with Gasteiger partial charge >= 0.3 is 5.97 Å². The zero-order valence-electron chi connectivity index (χ0n) is 10.9. The largest absolute Gasteiger partial charge is 0.481 e. The van der Waals surface area contributed by atoms with Crippen LogP contribution in [-0.2, 0) is 9.59 Å². The molecule has 5 nitrogen and oxygen atoms in total. The number of rotatable bonds is 5. The van der Waals surface area contributed by atoms with Crippen LogP contribution < -0.4 is 10.6 Å². The van der Waals surface area contributed by atoms with E-state index in [0.29, 0.717) is 12.5 Å². The van der Waals surface area contributed by atoms with Crippen LogP contribution in [0.15, 0.2) is 0 Å². The second kappa shape index (κ2) is 5.26. The van der Waals surface area contributed by atoms with Crippen LogP contribution in [0.3, 0.4) is 0 Å². The second-order valence-corrected chi connectivity index (χ2v) is 5.86. The summed E-state index contributed by atoms with van der Waals surface area (Å²) in [5.41, 5.74) is -0.385. The van der Waals surface area contributed by atoms with Gasteiger partial charge in [-0.1, -0.05) is 0 Å². The maximum atomic E-state index is 12.3. The minimum atomic E-state index is -0.834. The van der Waals surface area contributed by atoms with Crippen molar-refractivity contribution in [1.29, 1.82) is 0 Å². The third-order valence-electron chi connectivity index (χ3n) is 4.05. The predicted octanol–water partition coefficient (Wildman–Crippen LogP) is 0.746. The second-order valence-electron chi connectivity index (χ2n) is 5.86. The lowest BCUT2D eigenvalue weighted by atomic mass is 9.81. The number of carboxylic acid groups (broad SMARTS) is 1. The molecule has 1 aliphatic heterocycles. The van der Waals surface area contributed by atoms with Crippen LogP contribution in [0.2, 0.25) is 0 Å². The van der Waals surface area contributed by atoms with E-state index in [1.807, 2.05) is 6.92 Å². The zero-order valence-corrected chi connectivity index (χ0v) is 10.9. The van der Waals surface area contributed by atoms with E-state index >= 15 is 0 Å². The fraction of sp³-hybridized carbons (Fsp3) is 0.846. The molecule has 1 aliphatic carbocycles. The van der Waals surface area contributed by atoms with Crippen LogP contribution in [0.25, 0.3) is 0 Å². The minimum absolute atomic E-state index is 0.00727. The van der Waals surface area contributed by atoms with Crippen molar-refractivity contribution in [3.05, 3.63) is 0 Å². The maximum Gasteiger partial charge on any atom is 0.305 e. The molecule has 102 valence electrons. The quantitative estimate of drug-likeness (QED) is 0.676. The number of nitrogens with one attached hydrogen (secondary N) is 2. The maximum absolute atomic E-state index is 12.3. The van der Waals surface area contributed by atoms with Crippen molar-refractivity contribution < 1.29 is 14.7 Å². The van der Waals surface area contributed by atoms with Gasteiger partial charge in [0.1, 0.15) is 0 Å². The molecule has 1 saturated carbocycles. The average molecular weight is 254 g/mol. The van der Waals surface area contributed by atoms with Crippen LogP contribution in [0.5, 0.6) is 0 Å². The lowest BCUT2D eigenvalue weighted by Gasteiger charge is -2.34. The topological polar surface area (TPSA) is 78.4 Å². The summed E-state index contributed by atoms with van der Waals surface area (Å²) in [6.07, 6.45) is 3.98. The SMILES string of the molecule is CC1(C(=O)NC(CC(=O)O)C2CC2)CCCNC1. The lowest BCUT2D eigenvalue weighted by molar-refractivity contribution is -0.138. The Morgan fingerprint density at radius 1 is 1.50 bits per heavy atom. The zero-order chi connectivity index (χ0) is 13.2. The van der Waals surface area contributed by atoms with Gasteiger partial charge in [-0.2, -0.15) is 0 Å². The summed E-state index contributed by atoms with van der Waals surface area (Å²) >= 11 is 0. The summed E-state index contributed by atoms with van der Waals surface area (Å²) < 4.78 is 0. The molecule has 0 aromatic rings. The number of aliphatic carboxylic acids is 1. The monoisotopic (exact) mass is 254 g/mol. The van der Waals surface area contributed by atoms with Crippen LogP contribution in [0.1, 0.15) is 39.0 Å². The van der Waals surface area contributed by atoms with Gasteiger partial charge in [-0.25, -0.2) is 0 Å². The molecule has 5 heteroatoms. The number of piperidine rings is 1. The lowest BCUT2D eigenvalue weighted by Crippen LogP contribution is -2.52. The normalized spacial score (nSPS) is 29.6. The summed E-state index contributed by atoms with van der Waals surface area (Å²) in [6, 6.07) is -0.186. The van der Waals surface area contributed by atoms with E-state index in [4.69, 9.17) is 5.11 Å². The molecule has 18 heavy (non-hydrogen) atoms. The van der Waals surface area contributed by atoms with Gasteiger partial charge in [0.05, 0.1) is 11.8 Å². The third kappa shape index (κ3) is 3.22. The van der Waals surface area contributed by atoms with E-state index in [0.717, 1.165) is 32.2 Å². The van der Waals surface area contributed by atoms with Gasteiger partial charge < -0.3 is 15.7 Å². The molecular formula is C13H22N2O3. The molecule has 1 saturated heterocycles. The van der Waals surface area contributed by atoms with Gasteiger partial charge in [0.2, 0.25) is 5.91 Å². The Hall–Kier alpha value is -1.10. The highest BCUT2D eigenvalue weighted by Crippen LogP contribution is 2.35. The number of hydrogen-bond acceptors (Lipinski definition) is 3. The summed E-state index contributed by atoms with van der Waals surface area (Å²) in [4.78, 5) is 23.1. The van der Waals surface area contributed by atoms with Crippen LogP contribution in [0.4, 0.5) is 0 Å². The standard InChI is InChI=1S/C13H22N2O3/c1-13(5-2-6-14-8-13)12(18)15-10(7-11(16)17)9-3-4-9/h9-10,14H,2-8H2,1H3,(H,15,18)(H,16,17). The van der Waals surface area contributed by atoms with Crippen molar-refractivity contribution in [2.75, 3.05) is 13.1 Å². The number of carbonyl (C=O) groups is 2. The highest BCUT2D eigenvalue weighted by atomic mass is 16.4. The van der Waals surface area contributed by atoms with E-state index in [1.165, 1.54) is 0 Å². The first-order valence-corrected chi connectivity index (χ1v) is 6.75. The molecule has 0 radical (unpaired) electrons. The van der Waals surface area contributed by atoms with E-state index in [-0.39, 0.29) is 23.8 Å². The van der Waals surface area contributed by atoms with E-state index in [1.54, 1.807) is 0 Å². The molecule has 2 fully saturated rings. The number of carbonyl (C=O) groups excluding carboxylic acids is 1. The summed E-state index contributed by atoms with van der Waals surface area (Å²) in [7, 11) is 0.